The summed E-state index contributed by atoms with van der Waals surface area (Å²) >= 11 is 0. The number of piperazine rings is 1. The number of hydrogen-bond donors (Lipinski definition) is 1. The molecule has 43 heavy (non-hydrogen) atoms. The summed E-state index contributed by atoms with van der Waals surface area (Å²) in [5.41, 5.74) is 12.6. The Morgan fingerprint density at radius 2 is 1.56 bits per heavy atom. The van der Waals surface area contributed by atoms with Gasteiger partial charge in [0, 0.05) is 75.6 Å². The molecule has 0 aliphatic carbocycles. The summed E-state index contributed by atoms with van der Waals surface area (Å²) in [4.78, 5) is 25.4. The number of benzene rings is 3. The van der Waals surface area contributed by atoms with E-state index in [0.717, 1.165) is 82.8 Å². The average Bonchev–Trinajstić information content (AvgIpc) is 3.43. The third-order valence-corrected chi connectivity index (χ3v) is 9.20. The Balaban J connectivity index is 1.02. The first-order valence-electron chi connectivity index (χ1n) is 16.2. The van der Waals surface area contributed by atoms with Crippen molar-refractivity contribution in [2.75, 3.05) is 49.1 Å². The molecular formula is C36H46N6O. The molecule has 3 aromatic carbocycles. The van der Waals surface area contributed by atoms with E-state index in [1.165, 1.54) is 22.5 Å². The van der Waals surface area contributed by atoms with Crippen LogP contribution in [-0.4, -0.2) is 65.7 Å². The summed E-state index contributed by atoms with van der Waals surface area (Å²) in [5, 5.41) is 0. The van der Waals surface area contributed by atoms with Gasteiger partial charge in [-0.05, 0) is 67.6 Å². The lowest BCUT2D eigenvalue weighted by molar-refractivity contribution is -0.132. The molecule has 2 saturated heterocycles. The number of para-hydroxylation sites is 3. The maximum atomic E-state index is 13.4. The number of fused-ring (bicyclic) bond motifs is 1. The second-order valence-corrected chi connectivity index (χ2v) is 12.3. The predicted molar refractivity (Wildman–Crippen MR) is 177 cm³/mol. The quantitative estimate of drug-likeness (QED) is 0.257. The van der Waals surface area contributed by atoms with E-state index in [1.54, 1.807) is 0 Å². The number of aryl methyl sites for hydroxylation is 1. The molecular weight excluding hydrogens is 532 g/mol. The minimum absolute atomic E-state index is 0.168. The van der Waals surface area contributed by atoms with Gasteiger partial charge in [0.1, 0.15) is 5.82 Å². The lowest BCUT2D eigenvalue weighted by Gasteiger charge is -2.37. The van der Waals surface area contributed by atoms with Crippen LogP contribution in [0, 0.1) is 0 Å². The number of piperidine rings is 1. The van der Waals surface area contributed by atoms with Gasteiger partial charge >= 0.3 is 0 Å². The molecule has 0 radical (unpaired) electrons. The van der Waals surface area contributed by atoms with Gasteiger partial charge < -0.3 is 25.0 Å². The summed E-state index contributed by atoms with van der Waals surface area (Å²) < 4.78 is 2.40. The third-order valence-electron chi connectivity index (χ3n) is 9.20. The lowest BCUT2D eigenvalue weighted by atomic mass is 9.96. The van der Waals surface area contributed by atoms with Gasteiger partial charge in [-0.15, -0.1) is 0 Å². The molecule has 0 unspecified atom stereocenters. The lowest BCUT2D eigenvalue weighted by Crippen LogP contribution is -2.46. The maximum absolute atomic E-state index is 13.4. The molecule has 0 saturated carbocycles. The smallest absolute Gasteiger partial charge is 0.224 e. The highest BCUT2D eigenvalue weighted by Gasteiger charge is 2.29. The minimum atomic E-state index is -0.192. The molecule has 1 amide bonds. The number of nitrogens with two attached hydrogens (primary N) is 1. The number of nitrogens with zero attached hydrogens (tertiary/aromatic N) is 5. The van der Waals surface area contributed by atoms with Crippen LogP contribution in [0.5, 0.6) is 0 Å². The number of imidazole rings is 1. The van der Waals surface area contributed by atoms with Crippen molar-refractivity contribution in [1.82, 2.24) is 14.5 Å². The number of likely N-dealkylation sites (tertiary alicyclic amines) is 1. The Morgan fingerprint density at radius 1 is 0.884 bits per heavy atom. The van der Waals surface area contributed by atoms with E-state index >= 15 is 0 Å². The standard InChI is InChI=1S/C36H46N6O/c1-2-3-20-42-34-14-8-7-13-33(34)38-36(42)29-10-9-19-41(27-29)35(43)26-30(37)25-28-15-17-32(18-16-28)40-23-21-39(22-24-40)31-11-5-4-6-12-31/h4-8,11-18,29-30H,2-3,9-10,19-27,37H2,1H3/t29-,30-/m1/s1. The molecule has 2 aliphatic rings. The van der Waals surface area contributed by atoms with Crippen LogP contribution in [0.15, 0.2) is 78.9 Å². The normalized spacial score (nSPS) is 18.3. The SMILES string of the molecule is CCCCn1c([C@@H]2CCCN(C(=O)C[C@H](N)Cc3ccc(N4CCN(c5ccccc5)CC4)cc3)C2)nc2ccccc21. The monoisotopic (exact) mass is 578 g/mol. The van der Waals surface area contributed by atoms with E-state index in [-0.39, 0.29) is 17.9 Å². The van der Waals surface area contributed by atoms with E-state index in [4.69, 9.17) is 10.7 Å². The van der Waals surface area contributed by atoms with Crippen molar-refractivity contribution in [2.24, 2.45) is 5.73 Å². The summed E-state index contributed by atoms with van der Waals surface area (Å²) in [6.45, 7) is 8.80. The molecule has 226 valence electrons. The van der Waals surface area contributed by atoms with Crippen LogP contribution in [0.25, 0.3) is 11.0 Å². The number of hydrogen-bond acceptors (Lipinski definition) is 5. The summed E-state index contributed by atoms with van der Waals surface area (Å²) in [6.07, 6.45) is 5.43. The number of aromatic nitrogens is 2. The molecule has 2 N–H and O–H groups in total. The zero-order valence-electron chi connectivity index (χ0n) is 25.6. The molecule has 2 atom stereocenters. The first-order valence-corrected chi connectivity index (χ1v) is 16.2. The van der Waals surface area contributed by atoms with Crippen molar-refractivity contribution in [2.45, 2.75) is 64.0 Å². The highest BCUT2D eigenvalue weighted by Crippen LogP contribution is 2.30. The first kappa shape index (κ1) is 29.2. The maximum Gasteiger partial charge on any atom is 0.224 e. The number of rotatable bonds is 10. The molecule has 7 heteroatoms. The fraction of sp³-hybridized carbons (Fsp3) is 0.444. The van der Waals surface area contributed by atoms with Gasteiger partial charge in [0.15, 0.2) is 0 Å². The Hall–Kier alpha value is -3.84. The zero-order chi connectivity index (χ0) is 29.6. The van der Waals surface area contributed by atoms with Crippen LogP contribution in [-0.2, 0) is 17.8 Å². The van der Waals surface area contributed by atoms with Crippen molar-refractivity contribution < 1.29 is 4.79 Å². The Morgan fingerprint density at radius 3 is 2.28 bits per heavy atom. The van der Waals surface area contributed by atoms with Gasteiger partial charge in [-0.3, -0.25) is 4.79 Å². The molecule has 7 nitrogen and oxygen atoms in total. The third kappa shape index (κ3) is 6.88. The van der Waals surface area contributed by atoms with Crippen LogP contribution in [0.2, 0.25) is 0 Å². The number of carbonyl (C=O) groups excluding carboxylic acids is 1. The summed E-state index contributed by atoms with van der Waals surface area (Å²) in [5.74, 6) is 1.57. The number of anilines is 2. The molecule has 2 aliphatic heterocycles. The van der Waals surface area contributed by atoms with Crippen molar-refractivity contribution in [3.05, 3.63) is 90.3 Å². The molecule has 1 aromatic heterocycles. The van der Waals surface area contributed by atoms with E-state index < -0.39 is 0 Å². The number of amides is 1. The highest BCUT2D eigenvalue weighted by atomic mass is 16.2. The highest BCUT2D eigenvalue weighted by molar-refractivity contribution is 5.78. The van der Waals surface area contributed by atoms with Crippen molar-refractivity contribution in [3.8, 4) is 0 Å². The number of carbonyl (C=O) groups is 1. The van der Waals surface area contributed by atoms with Crippen LogP contribution in [0.1, 0.15) is 56.3 Å². The van der Waals surface area contributed by atoms with Gasteiger partial charge in [-0.25, -0.2) is 4.98 Å². The van der Waals surface area contributed by atoms with E-state index in [2.05, 4.69) is 100 Å². The Kier molecular flexibility index (Phi) is 9.27. The van der Waals surface area contributed by atoms with Crippen LogP contribution >= 0.6 is 0 Å². The largest absolute Gasteiger partial charge is 0.368 e. The average molecular weight is 579 g/mol. The fourth-order valence-corrected chi connectivity index (χ4v) is 6.80. The second kappa shape index (κ2) is 13.6. The summed E-state index contributed by atoms with van der Waals surface area (Å²) in [7, 11) is 0. The number of unbranched alkanes of at least 4 members (excludes halogenated alkanes) is 1. The summed E-state index contributed by atoms with van der Waals surface area (Å²) in [6, 6.07) is 27.7. The Labute approximate surface area is 256 Å². The molecule has 0 spiro atoms. The topological polar surface area (TPSA) is 70.6 Å². The van der Waals surface area contributed by atoms with Gasteiger partial charge in [0.25, 0.3) is 0 Å². The Bertz CT molecular complexity index is 1470. The van der Waals surface area contributed by atoms with Gasteiger partial charge in [-0.2, -0.15) is 0 Å². The van der Waals surface area contributed by atoms with Crippen molar-refractivity contribution in [1.29, 1.82) is 0 Å². The zero-order valence-corrected chi connectivity index (χ0v) is 25.6. The van der Waals surface area contributed by atoms with Gasteiger partial charge in [0.05, 0.1) is 11.0 Å². The fourth-order valence-electron chi connectivity index (χ4n) is 6.80. The molecule has 0 bridgehead atoms. The van der Waals surface area contributed by atoms with Crippen LogP contribution in [0.3, 0.4) is 0 Å². The molecule has 2 fully saturated rings. The minimum Gasteiger partial charge on any atom is -0.368 e. The van der Waals surface area contributed by atoms with Crippen molar-refractivity contribution >= 4 is 28.3 Å². The molecule has 6 rings (SSSR count). The second-order valence-electron chi connectivity index (χ2n) is 12.3. The molecule has 4 aromatic rings. The van der Waals surface area contributed by atoms with Crippen molar-refractivity contribution in [3.63, 3.8) is 0 Å². The van der Waals surface area contributed by atoms with Crippen LogP contribution in [0.4, 0.5) is 11.4 Å². The van der Waals surface area contributed by atoms with Gasteiger partial charge in [0.2, 0.25) is 5.91 Å². The molecule has 3 heterocycles. The predicted octanol–water partition coefficient (Wildman–Crippen LogP) is 5.83. The van der Waals surface area contributed by atoms with E-state index in [9.17, 15) is 4.79 Å². The van der Waals surface area contributed by atoms with E-state index in [1.807, 2.05) is 4.90 Å². The van der Waals surface area contributed by atoms with E-state index in [0.29, 0.717) is 12.8 Å². The van der Waals surface area contributed by atoms with Crippen LogP contribution < -0.4 is 15.5 Å². The van der Waals surface area contributed by atoms with Gasteiger partial charge in [-0.1, -0.05) is 55.8 Å². The first-order chi connectivity index (χ1) is 21.1.